The van der Waals surface area contributed by atoms with E-state index in [1.807, 2.05) is 20.8 Å². The van der Waals surface area contributed by atoms with Gasteiger partial charge in [-0.3, -0.25) is 4.79 Å². The van der Waals surface area contributed by atoms with Crippen LogP contribution >= 0.6 is 0 Å². The van der Waals surface area contributed by atoms with Crippen molar-refractivity contribution in [1.82, 2.24) is 0 Å². The average Bonchev–Trinajstić information content (AvgIpc) is 2.84. The third kappa shape index (κ3) is 14.3. The molecule has 0 saturated carbocycles. The first kappa shape index (κ1) is 30.3. The first-order valence-electron chi connectivity index (χ1n) is 13.5. The number of ether oxygens (including phenoxy) is 3. The van der Waals surface area contributed by atoms with Crippen LogP contribution in [0.5, 0.6) is 17.2 Å². The van der Waals surface area contributed by atoms with Gasteiger partial charge in [0.25, 0.3) is 0 Å². The van der Waals surface area contributed by atoms with E-state index in [0.29, 0.717) is 49.2 Å². The van der Waals surface area contributed by atoms with Crippen molar-refractivity contribution in [2.24, 2.45) is 0 Å². The van der Waals surface area contributed by atoms with Crippen molar-refractivity contribution in [1.29, 1.82) is 0 Å². The summed E-state index contributed by atoms with van der Waals surface area (Å²) in [6, 6.07) is 3.61. The number of carbonyl (C=O) groups excluding carboxylic acids is 1. The Morgan fingerprint density at radius 3 is 1.86 bits per heavy atom. The fourth-order valence-electron chi connectivity index (χ4n) is 3.58. The lowest BCUT2D eigenvalue weighted by molar-refractivity contribution is -0.116. The van der Waals surface area contributed by atoms with Gasteiger partial charge in [-0.2, -0.15) is 0 Å². The highest BCUT2D eigenvalue weighted by Crippen LogP contribution is 2.39. The summed E-state index contributed by atoms with van der Waals surface area (Å²) in [6.07, 6.45) is 23.6. The second-order valence-corrected chi connectivity index (χ2v) is 8.24. The molecule has 1 aromatic rings. The van der Waals surface area contributed by atoms with Gasteiger partial charge in [0.1, 0.15) is 22.9 Å². The molecular formula is C30H47NO4. The number of hydrogen-bond donors (Lipinski definition) is 1. The van der Waals surface area contributed by atoms with Crippen LogP contribution in [0.3, 0.4) is 0 Å². The predicted octanol–water partition coefficient (Wildman–Crippen LogP) is 8.41. The Morgan fingerprint density at radius 2 is 1.26 bits per heavy atom. The number of hydrogen-bond acceptors (Lipinski definition) is 4. The third-order valence-corrected chi connectivity index (χ3v) is 5.27. The minimum atomic E-state index is -0.0164. The summed E-state index contributed by atoms with van der Waals surface area (Å²) in [5, 5.41) is 3.00. The lowest BCUT2D eigenvalue weighted by Gasteiger charge is -2.18. The highest BCUT2D eigenvalue weighted by atomic mass is 16.5. The van der Waals surface area contributed by atoms with Gasteiger partial charge >= 0.3 is 0 Å². The molecule has 0 aliphatic heterocycles. The van der Waals surface area contributed by atoms with Crippen molar-refractivity contribution < 1.29 is 19.0 Å². The highest BCUT2D eigenvalue weighted by molar-refractivity contribution is 5.94. The number of rotatable bonds is 20. The molecule has 0 bridgehead atoms. The minimum Gasteiger partial charge on any atom is -0.494 e. The standard InChI is InChI=1S/C30H47NO4/c1-5-9-10-11-12-13-14-15-16-17-18-19-20-21-22-23-29(32)31-30-27(34-7-3)24-26(33-6-2)25-28(30)35-8-4/h9-10,12-13,15-16,24-25H,5-8,11,14,17-23H2,1-4H3,(H,31,32)/b10-9+,13-12+,16-15+. The van der Waals surface area contributed by atoms with Gasteiger partial charge in [0.05, 0.1) is 19.8 Å². The molecule has 0 radical (unpaired) electrons. The molecule has 35 heavy (non-hydrogen) atoms. The molecule has 1 amide bonds. The topological polar surface area (TPSA) is 56.8 Å². The van der Waals surface area contributed by atoms with Gasteiger partial charge in [-0.15, -0.1) is 0 Å². The first-order chi connectivity index (χ1) is 17.2. The van der Waals surface area contributed by atoms with Gasteiger partial charge in [0.2, 0.25) is 5.91 Å². The number of carbonyl (C=O) groups is 1. The number of nitrogens with one attached hydrogen (secondary N) is 1. The van der Waals surface area contributed by atoms with E-state index in [4.69, 9.17) is 14.2 Å². The van der Waals surface area contributed by atoms with E-state index in [1.165, 1.54) is 12.8 Å². The molecule has 1 rings (SSSR count). The fraction of sp³-hybridized carbons (Fsp3) is 0.567. The van der Waals surface area contributed by atoms with E-state index < -0.39 is 0 Å². The number of anilines is 1. The quantitative estimate of drug-likeness (QED) is 0.149. The molecule has 196 valence electrons. The molecule has 0 spiro atoms. The zero-order chi connectivity index (χ0) is 25.6. The van der Waals surface area contributed by atoms with Crippen LogP contribution in [0.25, 0.3) is 0 Å². The van der Waals surface area contributed by atoms with Crippen molar-refractivity contribution >= 4 is 11.6 Å². The van der Waals surface area contributed by atoms with Gasteiger partial charge in [-0.25, -0.2) is 0 Å². The van der Waals surface area contributed by atoms with E-state index in [-0.39, 0.29) is 5.91 Å². The van der Waals surface area contributed by atoms with E-state index in [9.17, 15) is 4.79 Å². The molecule has 1 N–H and O–H groups in total. The van der Waals surface area contributed by atoms with Crippen molar-refractivity contribution in [3.05, 3.63) is 48.6 Å². The molecule has 0 fully saturated rings. The second-order valence-electron chi connectivity index (χ2n) is 8.24. The zero-order valence-electron chi connectivity index (χ0n) is 22.4. The Bertz CT molecular complexity index is 756. The Balaban J connectivity index is 2.32. The first-order valence-corrected chi connectivity index (χ1v) is 13.5. The Morgan fingerprint density at radius 1 is 0.714 bits per heavy atom. The maximum absolute atomic E-state index is 12.6. The molecule has 5 heteroatoms. The van der Waals surface area contributed by atoms with Crippen LogP contribution in [0.4, 0.5) is 5.69 Å². The lowest BCUT2D eigenvalue weighted by atomic mass is 10.1. The molecule has 1 aromatic carbocycles. The maximum Gasteiger partial charge on any atom is 0.224 e. The lowest BCUT2D eigenvalue weighted by Crippen LogP contribution is -2.14. The van der Waals surface area contributed by atoms with Crippen molar-refractivity contribution in [2.75, 3.05) is 25.1 Å². The van der Waals surface area contributed by atoms with Crippen LogP contribution in [-0.2, 0) is 4.79 Å². The highest BCUT2D eigenvalue weighted by Gasteiger charge is 2.17. The van der Waals surface area contributed by atoms with Crippen molar-refractivity contribution in [3.8, 4) is 17.2 Å². The summed E-state index contributed by atoms with van der Waals surface area (Å²) in [6.45, 7) is 9.45. The van der Waals surface area contributed by atoms with Crippen molar-refractivity contribution in [2.45, 2.75) is 91.9 Å². The number of benzene rings is 1. The molecule has 0 saturated heterocycles. The maximum atomic E-state index is 12.6. The summed E-state index contributed by atoms with van der Waals surface area (Å²) >= 11 is 0. The number of unbranched alkanes of at least 4 members (excludes halogenated alkanes) is 5. The summed E-state index contributed by atoms with van der Waals surface area (Å²) in [4.78, 5) is 12.6. The summed E-state index contributed by atoms with van der Waals surface area (Å²) < 4.78 is 17.1. The third-order valence-electron chi connectivity index (χ3n) is 5.27. The molecule has 5 nitrogen and oxygen atoms in total. The number of amides is 1. The van der Waals surface area contributed by atoms with E-state index >= 15 is 0 Å². The molecule has 0 heterocycles. The van der Waals surface area contributed by atoms with E-state index in [0.717, 1.165) is 44.9 Å². The van der Waals surface area contributed by atoms with Crippen LogP contribution in [0.1, 0.15) is 91.9 Å². The Labute approximate surface area is 213 Å². The SMILES string of the molecule is CC/C=C/C/C=C/C/C=C/CCCCCCCC(=O)Nc1c(OCC)cc(OCC)cc1OCC. The van der Waals surface area contributed by atoms with Gasteiger partial charge in [-0.1, -0.05) is 62.6 Å². The average molecular weight is 486 g/mol. The number of allylic oxidation sites excluding steroid dienone is 6. The summed E-state index contributed by atoms with van der Waals surface area (Å²) in [5.74, 6) is 1.81. The van der Waals surface area contributed by atoms with Gasteiger partial charge in [0.15, 0.2) is 0 Å². The Kier molecular flexibility index (Phi) is 17.9. The Hall–Kier alpha value is -2.69. The van der Waals surface area contributed by atoms with Crippen LogP contribution in [0.2, 0.25) is 0 Å². The summed E-state index contributed by atoms with van der Waals surface area (Å²) in [7, 11) is 0. The molecular weight excluding hydrogens is 438 g/mol. The second kappa shape index (κ2) is 20.7. The monoisotopic (exact) mass is 485 g/mol. The van der Waals surface area contributed by atoms with Crippen LogP contribution < -0.4 is 19.5 Å². The van der Waals surface area contributed by atoms with Crippen LogP contribution in [0, 0.1) is 0 Å². The van der Waals surface area contributed by atoms with Gasteiger partial charge in [0, 0.05) is 18.6 Å². The molecule has 0 unspecified atom stereocenters. The van der Waals surface area contributed by atoms with Gasteiger partial charge < -0.3 is 19.5 Å². The fourth-order valence-corrected chi connectivity index (χ4v) is 3.58. The minimum absolute atomic E-state index is 0.0164. The normalized spacial score (nSPS) is 11.5. The summed E-state index contributed by atoms with van der Waals surface area (Å²) in [5.41, 5.74) is 0.584. The molecule has 0 atom stereocenters. The predicted molar refractivity (Wildman–Crippen MR) is 148 cm³/mol. The molecule has 0 aromatic heterocycles. The molecule has 0 aliphatic rings. The van der Waals surface area contributed by atoms with Crippen LogP contribution in [0.15, 0.2) is 48.6 Å². The zero-order valence-corrected chi connectivity index (χ0v) is 22.4. The molecule has 0 aliphatic carbocycles. The van der Waals surface area contributed by atoms with Gasteiger partial charge in [-0.05, 0) is 59.3 Å². The van der Waals surface area contributed by atoms with E-state index in [2.05, 4.69) is 48.7 Å². The smallest absolute Gasteiger partial charge is 0.224 e. The van der Waals surface area contributed by atoms with E-state index in [1.54, 1.807) is 12.1 Å². The van der Waals surface area contributed by atoms with Crippen molar-refractivity contribution in [3.63, 3.8) is 0 Å². The van der Waals surface area contributed by atoms with Crippen LogP contribution in [-0.4, -0.2) is 25.7 Å². The largest absolute Gasteiger partial charge is 0.494 e.